The molecule has 0 radical (unpaired) electrons. The number of carbonyl (C=O) groups is 1. The number of hydrogen-bond acceptors (Lipinski definition) is 8. The van der Waals surface area contributed by atoms with Crippen molar-refractivity contribution in [2.75, 3.05) is 36.0 Å². The number of rotatable bonds is 6. The molecule has 1 N–H and O–H groups in total. The molecule has 36 heavy (non-hydrogen) atoms. The van der Waals surface area contributed by atoms with E-state index < -0.39 is 24.0 Å². The number of carboxylic acid groups (broad SMARTS) is 1. The van der Waals surface area contributed by atoms with Gasteiger partial charge in [0.25, 0.3) is 5.95 Å². The van der Waals surface area contributed by atoms with Crippen LogP contribution in [0.25, 0.3) is 22.0 Å². The summed E-state index contributed by atoms with van der Waals surface area (Å²) < 4.78 is 34.6. The van der Waals surface area contributed by atoms with E-state index in [9.17, 15) is 13.6 Å². The second-order valence-corrected chi connectivity index (χ2v) is 8.98. The molecule has 2 aromatic heterocycles. The zero-order valence-corrected chi connectivity index (χ0v) is 19.8. The number of aliphatic carboxylic acids is 1. The lowest BCUT2D eigenvalue weighted by atomic mass is 9.99. The van der Waals surface area contributed by atoms with E-state index in [-0.39, 0.29) is 11.5 Å². The van der Waals surface area contributed by atoms with Crippen molar-refractivity contribution in [3.8, 4) is 11.1 Å². The van der Waals surface area contributed by atoms with Crippen molar-refractivity contribution in [3.63, 3.8) is 0 Å². The van der Waals surface area contributed by atoms with E-state index >= 15 is 0 Å². The minimum atomic E-state index is -1.13. The molecule has 2 aromatic carbocycles. The molecule has 0 bridgehead atoms. The standard InChI is InChI=1S/C25H24F2N6O3/c1-14(2)24-30-25(31-36-24)33-7-5-32(6-8-33)23-19-12-17(26)11-18(22(19)28-13-29-23)15-3-4-16(10-21(34)35)20(27)9-15/h3-4,9,11-14H,5-8,10H2,1-2H3,(H,34,35). The summed E-state index contributed by atoms with van der Waals surface area (Å²) in [6, 6.07) is 6.87. The molecule has 0 spiro atoms. The van der Waals surface area contributed by atoms with Gasteiger partial charge >= 0.3 is 5.97 Å². The van der Waals surface area contributed by atoms with Crippen molar-refractivity contribution >= 4 is 28.6 Å². The number of hydrogen-bond donors (Lipinski definition) is 1. The molecule has 1 fully saturated rings. The Morgan fingerprint density at radius 2 is 1.83 bits per heavy atom. The Morgan fingerprint density at radius 3 is 2.50 bits per heavy atom. The quantitative estimate of drug-likeness (QED) is 0.425. The SMILES string of the molecule is CC(C)c1nc(N2CCN(c3ncnc4c(-c5ccc(CC(=O)O)c(F)c5)cc(F)cc34)CC2)no1. The van der Waals surface area contributed by atoms with E-state index in [1.165, 1.54) is 30.6 Å². The maximum atomic E-state index is 14.8. The Bertz CT molecular complexity index is 1430. The summed E-state index contributed by atoms with van der Waals surface area (Å²) in [5.41, 5.74) is 1.34. The molecule has 1 aliphatic rings. The van der Waals surface area contributed by atoms with E-state index in [1.807, 2.05) is 23.6 Å². The van der Waals surface area contributed by atoms with E-state index in [2.05, 4.69) is 20.1 Å². The van der Waals surface area contributed by atoms with Crippen LogP contribution in [0.15, 0.2) is 41.2 Å². The van der Waals surface area contributed by atoms with Gasteiger partial charge in [-0.3, -0.25) is 4.79 Å². The third-order valence-electron chi connectivity index (χ3n) is 6.18. The summed E-state index contributed by atoms with van der Waals surface area (Å²) in [6.45, 7) is 6.43. The predicted octanol–water partition coefficient (Wildman–Crippen LogP) is 4.04. The van der Waals surface area contributed by atoms with Gasteiger partial charge in [0, 0.05) is 43.0 Å². The molecule has 4 aromatic rings. The number of fused-ring (bicyclic) bond motifs is 1. The Morgan fingerprint density at radius 1 is 1.08 bits per heavy atom. The van der Waals surface area contributed by atoms with Crippen LogP contribution in [-0.4, -0.2) is 57.4 Å². The van der Waals surface area contributed by atoms with Crippen LogP contribution in [0.5, 0.6) is 0 Å². The molecule has 11 heteroatoms. The van der Waals surface area contributed by atoms with Gasteiger partial charge in [-0.15, -0.1) is 0 Å². The normalized spacial score (nSPS) is 14.1. The number of anilines is 2. The smallest absolute Gasteiger partial charge is 0.307 e. The Balaban J connectivity index is 1.44. The minimum Gasteiger partial charge on any atom is -0.481 e. The Hall–Kier alpha value is -4.15. The fourth-order valence-corrected chi connectivity index (χ4v) is 4.32. The molecule has 5 rings (SSSR count). The van der Waals surface area contributed by atoms with Gasteiger partial charge in [-0.1, -0.05) is 26.0 Å². The zero-order chi connectivity index (χ0) is 25.4. The minimum absolute atomic E-state index is 0.0576. The lowest BCUT2D eigenvalue weighted by Gasteiger charge is -2.35. The van der Waals surface area contributed by atoms with E-state index in [4.69, 9.17) is 9.63 Å². The lowest BCUT2D eigenvalue weighted by molar-refractivity contribution is -0.136. The molecular formula is C25H24F2N6O3. The lowest BCUT2D eigenvalue weighted by Crippen LogP contribution is -2.47. The van der Waals surface area contributed by atoms with Gasteiger partial charge in [0.15, 0.2) is 0 Å². The number of benzene rings is 2. The first-order valence-corrected chi connectivity index (χ1v) is 11.6. The molecule has 0 amide bonds. The predicted molar refractivity (Wildman–Crippen MR) is 129 cm³/mol. The highest BCUT2D eigenvalue weighted by Crippen LogP contribution is 2.34. The first-order valence-electron chi connectivity index (χ1n) is 11.6. The number of piperazine rings is 1. The highest BCUT2D eigenvalue weighted by atomic mass is 19.1. The molecule has 9 nitrogen and oxygen atoms in total. The molecule has 0 atom stereocenters. The van der Waals surface area contributed by atoms with Crippen LogP contribution in [0.2, 0.25) is 0 Å². The third-order valence-corrected chi connectivity index (χ3v) is 6.18. The molecule has 1 saturated heterocycles. The summed E-state index contributed by atoms with van der Waals surface area (Å²) in [5, 5.41) is 13.6. The first kappa shape index (κ1) is 23.6. The Kier molecular flexibility index (Phi) is 6.21. The van der Waals surface area contributed by atoms with Crippen molar-refractivity contribution in [2.45, 2.75) is 26.2 Å². The molecule has 3 heterocycles. The second kappa shape index (κ2) is 9.48. The topological polar surface area (TPSA) is 108 Å². The van der Waals surface area contributed by atoms with Crippen LogP contribution in [0.4, 0.5) is 20.5 Å². The molecule has 0 aliphatic carbocycles. The summed E-state index contributed by atoms with van der Waals surface area (Å²) >= 11 is 0. The first-order chi connectivity index (χ1) is 17.3. The van der Waals surface area contributed by atoms with Crippen LogP contribution in [0, 0.1) is 11.6 Å². The monoisotopic (exact) mass is 494 g/mol. The van der Waals surface area contributed by atoms with Crippen LogP contribution in [-0.2, 0) is 11.2 Å². The largest absolute Gasteiger partial charge is 0.481 e. The number of nitrogens with zero attached hydrogens (tertiary/aromatic N) is 6. The molecule has 0 unspecified atom stereocenters. The van der Waals surface area contributed by atoms with Gasteiger partial charge in [-0.05, 0) is 34.5 Å². The summed E-state index contributed by atoms with van der Waals surface area (Å²) in [6.07, 6.45) is 0.978. The van der Waals surface area contributed by atoms with Gasteiger partial charge < -0.3 is 19.4 Å². The number of aromatic nitrogens is 4. The summed E-state index contributed by atoms with van der Waals surface area (Å²) in [4.78, 5) is 28.3. The van der Waals surface area contributed by atoms with E-state index in [1.54, 1.807) is 6.07 Å². The van der Waals surface area contributed by atoms with Crippen LogP contribution >= 0.6 is 0 Å². The molecule has 186 valence electrons. The Labute approximate surface area is 205 Å². The van der Waals surface area contributed by atoms with Gasteiger partial charge in [-0.25, -0.2) is 18.7 Å². The van der Waals surface area contributed by atoms with Gasteiger partial charge in [0.2, 0.25) is 5.89 Å². The average molecular weight is 495 g/mol. The third kappa shape index (κ3) is 4.56. The fraction of sp³-hybridized carbons (Fsp3) is 0.320. The van der Waals surface area contributed by atoms with E-state index in [0.29, 0.717) is 65.9 Å². The number of carboxylic acids is 1. The molecular weight excluding hydrogens is 470 g/mol. The maximum absolute atomic E-state index is 14.8. The van der Waals surface area contributed by atoms with Gasteiger partial charge in [-0.2, -0.15) is 4.98 Å². The highest BCUT2D eigenvalue weighted by Gasteiger charge is 2.24. The summed E-state index contributed by atoms with van der Waals surface area (Å²) in [5.74, 6) is -0.437. The van der Waals surface area contributed by atoms with Crippen molar-refractivity contribution in [2.24, 2.45) is 0 Å². The summed E-state index contributed by atoms with van der Waals surface area (Å²) in [7, 11) is 0. The second-order valence-electron chi connectivity index (χ2n) is 8.98. The van der Waals surface area contributed by atoms with Crippen molar-refractivity contribution < 1.29 is 23.2 Å². The van der Waals surface area contributed by atoms with Crippen molar-refractivity contribution in [1.82, 2.24) is 20.1 Å². The molecule has 0 saturated carbocycles. The van der Waals surface area contributed by atoms with Gasteiger partial charge in [0.05, 0.1) is 11.9 Å². The number of halogens is 2. The van der Waals surface area contributed by atoms with E-state index in [0.717, 1.165) is 0 Å². The van der Waals surface area contributed by atoms with Crippen molar-refractivity contribution in [1.29, 1.82) is 0 Å². The average Bonchev–Trinajstić information content (AvgIpc) is 3.35. The maximum Gasteiger partial charge on any atom is 0.307 e. The van der Waals surface area contributed by atoms with Crippen LogP contribution < -0.4 is 9.80 Å². The highest BCUT2D eigenvalue weighted by molar-refractivity contribution is 5.99. The fourth-order valence-electron chi connectivity index (χ4n) is 4.32. The molecule has 1 aliphatic heterocycles. The van der Waals surface area contributed by atoms with Crippen LogP contribution in [0.1, 0.15) is 31.2 Å². The zero-order valence-electron chi connectivity index (χ0n) is 19.8. The van der Waals surface area contributed by atoms with Gasteiger partial charge in [0.1, 0.15) is 23.8 Å². The van der Waals surface area contributed by atoms with Crippen molar-refractivity contribution in [3.05, 3.63) is 59.7 Å². The van der Waals surface area contributed by atoms with Crippen LogP contribution in [0.3, 0.4) is 0 Å².